The number of thioether (sulfide) groups is 1. The van der Waals surface area contributed by atoms with Crippen LogP contribution in [0.4, 0.5) is 14.9 Å². The Bertz CT molecular complexity index is 903. The zero-order chi connectivity index (χ0) is 18.3. The first kappa shape index (κ1) is 17.1. The van der Waals surface area contributed by atoms with Crippen LogP contribution in [-0.4, -0.2) is 28.1 Å². The van der Waals surface area contributed by atoms with E-state index >= 15 is 0 Å². The van der Waals surface area contributed by atoms with E-state index in [1.54, 1.807) is 23.1 Å². The average Bonchev–Trinajstić information content (AvgIpc) is 3.10. The SMILES string of the molecule is O=C1C2SC=CC2N(Cc2ccc(Cl)cc2)C(=O)N1c1cccc(F)c1. The number of amides is 3. The van der Waals surface area contributed by atoms with E-state index < -0.39 is 17.1 Å². The number of rotatable bonds is 3. The van der Waals surface area contributed by atoms with Crippen LogP contribution in [0, 0.1) is 5.82 Å². The van der Waals surface area contributed by atoms with Gasteiger partial charge in [0.2, 0.25) is 0 Å². The number of urea groups is 1. The van der Waals surface area contributed by atoms with Crippen LogP contribution >= 0.6 is 23.4 Å². The summed E-state index contributed by atoms with van der Waals surface area (Å²) in [7, 11) is 0. The van der Waals surface area contributed by atoms with Crippen LogP contribution in [0.3, 0.4) is 0 Å². The zero-order valence-corrected chi connectivity index (χ0v) is 15.1. The summed E-state index contributed by atoms with van der Waals surface area (Å²) in [5.41, 5.74) is 1.15. The maximum atomic E-state index is 13.6. The molecule has 2 aliphatic heterocycles. The van der Waals surface area contributed by atoms with Gasteiger partial charge in [-0.05, 0) is 41.3 Å². The smallest absolute Gasteiger partial charge is 0.312 e. The van der Waals surface area contributed by atoms with Gasteiger partial charge in [-0.15, -0.1) is 11.8 Å². The number of fused-ring (bicyclic) bond motifs is 1. The minimum absolute atomic E-state index is 0.243. The van der Waals surface area contributed by atoms with E-state index in [4.69, 9.17) is 11.6 Å². The molecule has 132 valence electrons. The van der Waals surface area contributed by atoms with Gasteiger partial charge in [-0.25, -0.2) is 14.1 Å². The van der Waals surface area contributed by atoms with Gasteiger partial charge in [0.25, 0.3) is 5.91 Å². The van der Waals surface area contributed by atoms with Crippen LogP contribution in [0.2, 0.25) is 5.02 Å². The Kier molecular flexibility index (Phi) is 4.46. The fourth-order valence-corrected chi connectivity index (χ4v) is 4.32. The van der Waals surface area contributed by atoms with Crippen molar-refractivity contribution in [2.45, 2.75) is 17.8 Å². The molecule has 4 nitrogen and oxygen atoms in total. The van der Waals surface area contributed by atoms with Gasteiger partial charge in [0.15, 0.2) is 0 Å². The monoisotopic (exact) mass is 388 g/mol. The van der Waals surface area contributed by atoms with Gasteiger partial charge in [0.1, 0.15) is 11.1 Å². The highest BCUT2D eigenvalue weighted by atomic mass is 35.5. The van der Waals surface area contributed by atoms with E-state index in [9.17, 15) is 14.0 Å². The summed E-state index contributed by atoms with van der Waals surface area (Å²) in [4.78, 5) is 28.7. The fraction of sp³-hybridized carbons (Fsp3) is 0.158. The summed E-state index contributed by atoms with van der Waals surface area (Å²) >= 11 is 7.30. The third-order valence-corrected chi connectivity index (χ3v) is 5.74. The topological polar surface area (TPSA) is 40.6 Å². The number of carbonyl (C=O) groups excluding carboxylic acids is 2. The second-order valence-corrected chi connectivity index (χ2v) is 7.55. The molecule has 0 aliphatic carbocycles. The minimum atomic E-state index is -0.494. The molecule has 0 N–H and O–H groups in total. The Balaban J connectivity index is 1.70. The van der Waals surface area contributed by atoms with Crippen molar-refractivity contribution < 1.29 is 14.0 Å². The highest BCUT2D eigenvalue weighted by Gasteiger charge is 2.47. The zero-order valence-electron chi connectivity index (χ0n) is 13.5. The molecule has 7 heteroatoms. The highest BCUT2D eigenvalue weighted by molar-refractivity contribution is 8.03. The van der Waals surface area contributed by atoms with E-state index in [1.165, 1.54) is 30.0 Å². The van der Waals surface area contributed by atoms with E-state index in [-0.39, 0.29) is 17.6 Å². The molecule has 2 atom stereocenters. The molecule has 1 fully saturated rings. The molecule has 0 saturated carbocycles. The van der Waals surface area contributed by atoms with Crippen LogP contribution in [0.5, 0.6) is 0 Å². The van der Waals surface area contributed by atoms with Crippen LogP contribution < -0.4 is 4.90 Å². The Labute approximate surface area is 159 Å². The van der Waals surface area contributed by atoms with Gasteiger partial charge in [0.05, 0.1) is 11.7 Å². The van der Waals surface area contributed by atoms with E-state index in [0.29, 0.717) is 11.6 Å². The van der Waals surface area contributed by atoms with Crippen molar-refractivity contribution in [3.63, 3.8) is 0 Å². The number of imide groups is 1. The number of anilines is 1. The third kappa shape index (κ3) is 2.99. The van der Waals surface area contributed by atoms with Crippen molar-refractivity contribution in [3.05, 3.63) is 76.4 Å². The molecule has 0 bridgehead atoms. The Morgan fingerprint density at radius 2 is 1.88 bits per heavy atom. The molecule has 2 aliphatic rings. The number of benzene rings is 2. The second-order valence-electron chi connectivity index (χ2n) is 6.07. The summed E-state index contributed by atoms with van der Waals surface area (Å²) < 4.78 is 13.6. The fourth-order valence-electron chi connectivity index (χ4n) is 3.15. The second kappa shape index (κ2) is 6.78. The molecule has 0 aromatic heterocycles. The maximum Gasteiger partial charge on any atom is 0.332 e. The largest absolute Gasteiger partial charge is 0.332 e. The average molecular weight is 389 g/mol. The number of hydrogen-bond donors (Lipinski definition) is 0. The lowest BCUT2D eigenvalue weighted by atomic mass is 10.1. The molecule has 26 heavy (non-hydrogen) atoms. The van der Waals surface area contributed by atoms with Crippen molar-refractivity contribution in [1.29, 1.82) is 0 Å². The van der Waals surface area contributed by atoms with Crippen LogP contribution in [-0.2, 0) is 11.3 Å². The Hall–Kier alpha value is -2.31. The van der Waals surface area contributed by atoms with Crippen LogP contribution in [0.1, 0.15) is 5.56 Å². The van der Waals surface area contributed by atoms with Gasteiger partial charge in [0, 0.05) is 11.6 Å². The summed E-state index contributed by atoms with van der Waals surface area (Å²) in [5, 5.41) is 2.03. The lowest BCUT2D eigenvalue weighted by Crippen LogP contribution is -2.61. The number of halogens is 2. The highest BCUT2D eigenvalue weighted by Crippen LogP contribution is 2.37. The van der Waals surface area contributed by atoms with Gasteiger partial charge >= 0.3 is 6.03 Å². The van der Waals surface area contributed by atoms with Gasteiger partial charge in [-0.1, -0.05) is 35.9 Å². The van der Waals surface area contributed by atoms with Crippen molar-refractivity contribution >= 4 is 41.0 Å². The molecule has 2 heterocycles. The molecule has 4 rings (SSSR count). The first-order valence-corrected chi connectivity index (χ1v) is 9.33. The maximum absolute atomic E-state index is 13.6. The number of nitrogens with zero attached hydrogens (tertiary/aromatic N) is 2. The lowest BCUT2D eigenvalue weighted by molar-refractivity contribution is -0.119. The standard InChI is InChI=1S/C19H14ClFN2O2S/c20-13-6-4-12(5-7-13)11-22-16-8-9-26-17(16)18(24)23(19(22)25)15-3-1-2-14(21)10-15/h1-10,16-17H,11H2. The molecule has 2 aromatic carbocycles. The van der Waals surface area contributed by atoms with Gasteiger partial charge in [-0.3, -0.25) is 4.79 Å². The molecule has 0 spiro atoms. The molecule has 1 saturated heterocycles. The van der Waals surface area contributed by atoms with Crippen LogP contribution in [0.25, 0.3) is 0 Å². The Morgan fingerprint density at radius 1 is 1.12 bits per heavy atom. The van der Waals surface area contributed by atoms with E-state index in [0.717, 1.165) is 10.5 Å². The van der Waals surface area contributed by atoms with Crippen LogP contribution in [0.15, 0.2) is 60.0 Å². The summed E-state index contributed by atoms with van der Waals surface area (Å²) in [6, 6.07) is 12.0. The first-order chi connectivity index (χ1) is 12.5. The van der Waals surface area contributed by atoms with Crippen molar-refractivity contribution in [2.24, 2.45) is 0 Å². The molecule has 0 radical (unpaired) electrons. The molecular formula is C19H14ClFN2O2S. The van der Waals surface area contributed by atoms with Crippen molar-refractivity contribution in [3.8, 4) is 0 Å². The normalized spacial score (nSPS) is 22.1. The lowest BCUT2D eigenvalue weighted by Gasteiger charge is -2.41. The summed E-state index contributed by atoms with van der Waals surface area (Å²) in [6.07, 6.45) is 1.87. The summed E-state index contributed by atoms with van der Waals surface area (Å²) in [6.45, 7) is 0.334. The van der Waals surface area contributed by atoms with E-state index in [2.05, 4.69) is 0 Å². The Morgan fingerprint density at radius 3 is 2.62 bits per heavy atom. The molecule has 2 unspecified atom stereocenters. The molecule has 3 amide bonds. The first-order valence-electron chi connectivity index (χ1n) is 8.01. The molecule has 2 aromatic rings. The third-order valence-electron chi connectivity index (χ3n) is 4.40. The number of hydrogen-bond acceptors (Lipinski definition) is 3. The van der Waals surface area contributed by atoms with E-state index in [1.807, 2.05) is 23.6 Å². The van der Waals surface area contributed by atoms with Gasteiger partial charge in [-0.2, -0.15) is 0 Å². The summed E-state index contributed by atoms with van der Waals surface area (Å²) in [5.74, 6) is -0.820. The molecular weight excluding hydrogens is 375 g/mol. The van der Waals surface area contributed by atoms with Crippen molar-refractivity contribution in [2.75, 3.05) is 4.90 Å². The quantitative estimate of drug-likeness (QED) is 0.780. The number of carbonyl (C=O) groups is 2. The minimum Gasteiger partial charge on any atom is -0.312 e. The predicted octanol–water partition coefficient (Wildman–Crippen LogP) is 4.45. The predicted molar refractivity (Wildman–Crippen MR) is 101 cm³/mol. The van der Waals surface area contributed by atoms with Crippen molar-refractivity contribution in [1.82, 2.24) is 4.90 Å². The van der Waals surface area contributed by atoms with Gasteiger partial charge < -0.3 is 4.90 Å².